The first-order valence-electron chi connectivity index (χ1n) is 21.5. The number of hydrogen-bond acceptors (Lipinski definition) is 11. The number of amides is 6. The van der Waals surface area contributed by atoms with Crippen LogP contribution in [-0.2, 0) is 47.0 Å². The van der Waals surface area contributed by atoms with Crippen molar-refractivity contribution < 1.29 is 43.7 Å². The maximum absolute atomic E-state index is 13.1. The van der Waals surface area contributed by atoms with Gasteiger partial charge in [0.15, 0.2) is 23.6 Å². The van der Waals surface area contributed by atoms with E-state index in [1.165, 1.54) is 19.9 Å². The number of benzene rings is 2. The molecule has 12 N–H and O–H groups in total. The highest BCUT2D eigenvalue weighted by Gasteiger charge is 2.73. The number of fused-ring (bicyclic) bond motifs is 4. The molecule has 1 saturated heterocycles. The average Bonchev–Trinajstić information content (AvgIpc) is 3.91. The Morgan fingerprint density at radius 2 is 1.57 bits per heavy atom. The van der Waals surface area contributed by atoms with Gasteiger partial charge < -0.3 is 62.9 Å². The number of likely N-dealkylation sites (N-methyl/N-ethyl adjacent to an activating group) is 1. The van der Waals surface area contributed by atoms with E-state index in [9.17, 15) is 39.0 Å². The molecule has 3 heterocycles. The number of aromatic nitrogens is 1. The van der Waals surface area contributed by atoms with Crippen LogP contribution in [-0.4, -0.2) is 133 Å². The van der Waals surface area contributed by atoms with Crippen LogP contribution in [0, 0.1) is 5.92 Å². The predicted octanol–water partition coefficient (Wildman–Crippen LogP) is -1.20. The van der Waals surface area contributed by atoms with Crippen LogP contribution in [0.2, 0.25) is 0 Å². The molecule has 0 unspecified atom stereocenters. The topological polar surface area (TPSA) is 294 Å². The van der Waals surface area contributed by atoms with Gasteiger partial charge in [-0.3, -0.25) is 38.7 Å². The Labute approximate surface area is 362 Å². The van der Waals surface area contributed by atoms with Crippen LogP contribution >= 0.6 is 0 Å². The lowest BCUT2D eigenvalue weighted by Crippen LogP contribution is -2.74. The summed E-state index contributed by atoms with van der Waals surface area (Å²) < 4.78 is 6.74. The van der Waals surface area contributed by atoms with E-state index in [2.05, 4.69) is 52.1 Å². The third kappa shape index (κ3) is 8.56. The van der Waals surface area contributed by atoms with E-state index in [-0.39, 0.29) is 56.8 Å². The molecule has 336 valence electrons. The third-order valence-electron chi connectivity index (χ3n) is 13.0. The summed E-state index contributed by atoms with van der Waals surface area (Å²) in [5, 5.41) is 42.8. The lowest BCUT2D eigenvalue weighted by molar-refractivity contribution is -0.173. The molecule has 2 fully saturated rings. The van der Waals surface area contributed by atoms with Gasteiger partial charge in [-0.2, -0.15) is 0 Å². The number of piperidine rings is 1. The number of rotatable bonds is 18. The summed E-state index contributed by atoms with van der Waals surface area (Å²) in [6.07, 6.45) is 3.83. The maximum atomic E-state index is 13.1. The highest BCUT2D eigenvalue weighted by atomic mass is 16.5. The summed E-state index contributed by atoms with van der Waals surface area (Å²) >= 11 is 0. The molecular weight excluding hydrogens is 815 g/mol. The summed E-state index contributed by atoms with van der Waals surface area (Å²) in [4.78, 5) is 81.9. The summed E-state index contributed by atoms with van der Waals surface area (Å²) in [7, 11) is 1.42. The largest absolute Gasteiger partial charge is 0.504 e. The smallest absolute Gasteiger partial charge is 0.239 e. The molecule has 2 bridgehead atoms. The summed E-state index contributed by atoms with van der Waals surface area (Å²) in [5.74, 6) is -1.69. The van der Waals surface area contributed by atoms with Gasteiger partial charge >= 0.3 is 0 Å². The molecule has 1 spiro atoms. The number of phenolic OH excluding ortho intramolecular Hbond substituents is 1. The fraction of sp³-hybridized carbons (Fsp3) is 0.512. The normalized spacial score (nSPS) is 22.8. The van der Waals surface area contributed by atoms with Crippen molar-refractivity contribution in [3.8, 4) is 11.5 Å². The van der Waals surface area contributed by atoms with Crippen molar-refractivity contribution in [3.63, 3.8) is 0 Å². The Morgan fingerprint density at radius 1 is 0.905 bits per heavy atom. The van der Waals surface area contributed by atoms with E-state index in [1.54, 1.807) is 6.07 Å². The first-order chi connectivity index (χ1) is 30.3. The number of phenols is 1. The zero-order valence-electron chi connectivity index (χ0n) is 35.2. The second-order valence-corrected chi connectivity index (χ2v) is 17.0. The SMILES string of the molecule is CNC(=O)CNC(=O)CNC(=O)CCC(=O)NCC(=O)NCC(=O)NCCCN=C(N)Nc1cccc2c3c([nH]c12)[C@@H]1Oc2c(O)ccc4c2[C@@]12CCN(CC1CC1)[C@@H](C4)[C@]2(O)C3. The Bertz CT molecular complexity index is 2360. The van der Waals surface area contributed by atoms with Gasteiger partial charge in [-0.05, 0) is 67.8 Å². The van der Waals surface area contributed by atoms with Gasteiger partial charge in [0.2, 0.25) is 35.4 Å². The second kappa shape index (κ2) is 17.8. The highest BCUT2D eigenvalue weighted by Crippen LogP contribution is 2.69. The van der Waals surface area contributed by atoms with E-state index in [0.717, 1.165) is 52.8 Å². The minimum absolute atomic E-state index is 0.0779. The number of aliphatic imine (C=N–C) groups is 1. The molecule has 20 heteroatoms. The number of ether oxygens (including phenoxy) is 1. The Morgan fingerprint density at radius 3 is 2.25 bits per heavy atom. The minimum Gasteiger partial charge on any atom is -0.504 e. The van der Waals surface area contributed by atoms with Crippen LogP contribution < -0.4 is 47.7 Å². The number of H-pyrrole nitrogens is 1. The van der Waals surface area contributed by atoms with Gasteiger partial charge in [-0.25, -0.2) is 0 Å². The average molecular weight is 870 g/mol. The van der Waals surface area contributed by atoms with Crippen LogP contribution in [0.1, 0.15) is 67.0 Å². The van der Waals surface area contributed by atoms with E-state index in [4.69, 9.17) is 10.5 Å². The van der Waals surface area contributed by atoms with Gasteiger partial charge in [0.1, 0.15) is 0 Å². The first kappa shape index (κ1) is 43.2. The fourth-order valence-electron chi connectivity index (χ4n) is 9.83. The van der Waals surface area contributed by atoms with Gasteiger partial charge in [-0.1, -0.05) is 18.2 Å². The fourth-order valence-corrected chi connectivity index (χ4v) is 9.83. The summed E-state index contributed by atoms with van der Waals surface area (Å²) in [6.45, 7) is 1.12. The van der Waals surface area contributed by atoms with Crippen molar-refractivity contribution >= 4 is 58.0 Å². The molecule has 8 rings (SSSR count). The second-order valence-electron chi connectivity index (χ2n) is 17.0. The molecule has 4 atom stereocenters. The number of carbonyl (C=O) groups excluding carboxylic acids is 6. The molecule has 6 amide bonds. The van der Waals surface area contributed by atoms with E-state index >= 15 is 0 Å². The number of nitrogens with zero attached hydrogens (tertiary/aromatic N) is 2. The van der Waals surface area contributed by atoms with Crippen LogP contribution in [0.15, 0.2) is 35.3 Å². The molecule has 0 radical (unpaired) electrons. The minimum atomic E-state index is -1.11. The molecule has 1 aromatic heterocycles. The van der Waals surface area contributed by atoms with Gasteiger partial charge in [0.05, 0.1) is 54.1 Å². The Hall–Kier alpha value is -6.41. The molecular formula is C43H55N11O9. The van der Waals surface area contributed by atoms with Crippen molar-refractivity contribution in [2.24, 2.45) is 16.6 Å². The maximum Gasteiger partial charge on any atom is 0.239 e. The number of aromatic amines is 1. The zero-order chi connectivity index (χ0) is 44.5. The number of aliphatic hydroxyl groups is 1. The number of nitrogens with one attached hydrogen (secondary N) is 8. The zero-order valence-corrected chi connectivity index (χ0v) is 35.2. The number of para-hydroxylation sites is 1. The van der Waals surface area contributed by atoms with Gasteiger partial charge in [0.25, 0.3) is 0 Å². The van der Waals surface area contributed by atoms with Crippen molar-refractivity contribution in [3.05, 3.63) is 52.7 Å². The van der Waals surface area contributed by atoms with Crippen molar-refractivity contribution in [1.29, 1.82) is 0 Å². The third-order valence-corrected chi connectivity index (χ3v) is 13.0. The van der Waals surface area contributed by atoms with Gasteiger partial charge in [0, 0.05) is 62.9 Å². The van der Waals surface area contributed by atoms with E-state index in [0.29, 0.717) is 43.2 Å². The number of hydrogen-bond donors (Lipinski definition) is 11. The van der Waals surface area contributed by atoms with Gasteiger partial charge in [-0.15, -0.1) is 0 Å². The predicted molar refractivity (Wildman–Crippen MR) is 230 cm³/mol. The molecule has 5 aliphatic rings. The van der Waals surface area contributed by atoms with E-state index in [1.807, 2.05) is 24.3 Å². The lowest BCUT2D eigenvalue weighted by atomic mass is 9.49. The molecule has 1 saturated carbocycles. The van der Waals surface area contributed by atoms with Crippen LogP contribution in [0.5, 0.6) is 11.5 Å². The number of carbonyl (C=O) groups is 6. The molecule has 2 aromatic carbocycles. The van der Waals surface area contributed by atoms with Crippen molar-refractivity contribution in [1.82, 2.24) is 41.8 Å². The quantitative estimate of drug-likeness (QED) is 0.0409. The molecule has 63 heavy (non-hydrogen) atoms. The summed E-state index contributed by atoms with van der Waals surface area (Å²) in [6, 6.07) is 9.52. The Kier molecular flexibility index (Phi) is 12.2. The van der Waals surface area contributed by atoms with Crippen LogP contribution in [0.25, 0.3) is 10.9 Å². The van der Waals surface area contributed by atoms with Crippen LogP contribution in [0.3, 0.4) is 0 Å². The highest BCUT2D eigenvalue weighted by molar-refractivity contribution is 6.03. The molecule has 3 aliphatic carbocycles. The molecule has 2 aliphatic heterocycles. The Balaban J connectivity index is 0.793. The van der Waals surface area contributed by atoms with Crippen LogP contribution in [0.4, 0.5) is 5.69 Å². The van der Waals surface area contributed by atoms with Crippen molar-refractivity contribution in [2.45, 2.75) is 74.5 Å². The number of nitrogens with two attached hydrogens (primary N) is 1. The summed E-state index contributed by atoms with van der Waals surface area (Å²) in [5.41, 5.74) is 10.0. The number of aromatic hydroxyl groups is 1. The van der Waals surface area contributed by atoms with E-state index < -0.39 is 59.1 Å². The van der Waals surface area contributed by atoms with Crippen molar-refractivity contribution in [2.75, 3.05) is 64.7 Å². The monoisotopic (exact) mass is 869 g/mol. The number of guanidine groups is 1. The molecule has 20 nitrogen and oxygen atoms in total. The molecule has 3 aromatic rings. The standard InChI is InChI=1S/C43H55N11O9/c1-45-32(58)18-50-34(60)20-48-30(56)10-11-31(57)49-21-35(61)51-19-33(59)46-13-3-14-47-41(44)52-27-5-2-4-25-26-17-43(62)29-16-24-8-9-28(55)39-36(24)42(43,12-15-54(29)22-23-6-7-23)40(63-39)38(26)53-37(25)27/h2,4-5,8-9,23,29,40,53,55,62H,3,6-7,10-22H2,1H3,(H,45,58)(H,46,59)(H,48,56)(H,49,57)(H,50,60)(H,51,61)(H3,44,47,52)/t29-,40-,42-,43+/m0/s1. The lowest BCUT2D eigenvalue weighted by Gasteiger charge is -2.62. The number of anilines is 1. The first-order valence-corrected chi connectivity index (χ1v) is 21.5. The number of likely N-dealkylation sites (tertiary alicyclic amines) is 1.